The van der Waals surface area contributed by atoms with Crippen molar-refractivity contribution >= 4 is 0 Å². The first kappa shape index (κ1) is 10.2. The van der Waals surface area contributed by atoms with Gasteiger partial charge in [0.15, 0.2) is 0 Å². The van der Waals surface area contributed by atoms with Crippen LogP contribution in [0.5, 0.6) is 0 Å². The van der Waals surface area contributed by atoms with E-state index in [0.29, 0.717) is 0 Å². The van der Waals surface area contributed by atoms with Gasteiger partial charge in [0.2, 0.25) is 0 Å². The van der Waals surface area contributed by atoms with Crippen LogP contribution >= 0.6 is 0 Å². The van der Waals surface area contributed by atoms with E-state index in [2.05, 4.69) is 0 Å². The van der Waals surface area contributed by atoms with Crippen molar-refractivity contribution < 1.29 is 8.78 Å². The summed E-state index contributed by atoms with van der Waals surface area (Å²) in [7, 11) is 0. The fourth-order valence-electron chi connectivity index (χ4n) is 1.57. The van der Waals surface area contributed by atoms with Crippen molar-refractivity contribution in [1.82, 2.24) is 0 Å². The number of halogens is 2. The Hall–Kier alpha value is -0.920. The summed E-state index contributed by atoms with van der Waals surface area (Å²) >= 11 is 0. The zero-order valence-electron chi connectivity index (χ0n) is 7.98. The summed E-state index contributed by atoms with van der Waals surface area (Å²) < 4.78 is 25.6. The van der Waals surface area contributed by atoms with Gasteiger partial charge in [-0.3, -0.25) is 0 Å². The molecule has 0 aliphatic rings. The Morgan fingerprint density at radius 2 is 1.46 bits per heavy atom. The van der Waals surface area contributed by atoms with E-state index in [1.807, 2.05) is 13.8 Å². The number of hydrogen-bond acceptors (Lipinski definition) is 0. The van der Waals surface area contributed by atoms with Crippen LogP contribution in [0, 0.1) is 11.6 Å². The molecule has 0 aromatic heterocycles. The molecule has 0 saturated heterocycles. The maximum Gasteiger partial charge on any atom is 0.126 e. The van der Waals surface area contributed by atoms with Crippen LogP contribution in [0.2, 0.25) is 0 Å². The normalized spacial score (nSPS) is 10.8. The number of rotatable bonds is 3. The lowest BCUT2D eigenvalue weighted by Gasteiger charge is -2.12. The van der Waals surface area contributed by atoms with Gasteiger partial charge in [-0.05, 0) is 36.5 Å². The summed E-state index contributed by atoms with van der Waals surface area (Å²) in [6.07, 6.45) is 1.83. The fourth-order valence-corrected chi connectivity index (χ4v) is 1.57. The van der Waals surface area contributed by atoms with E-state index < -0.39 is 11.6 Å². The summed E-state index contributed by atoms with van der Waals surface area (Å²) in [5.41, 5.74) is 0.766. The molecule has 0 nitrogen and oxygen atoms in total. The maximum absolute atomic E-state index is 12.8. The zero-order valence-corrected chi connectivity index (χ0v) is 7.98. The predicted molar refractivity (Wildman–Crippen MR) is 49.7 cm³/mol. The molecule has 72 valence electrons. The Bertz CT molecular complexity index is 257. The van der Waals surface area contributed by atoms with E-state index in [0.717, 1.165) is 24.5 Å². The van der Waals surface area contributed by atoms with E-state index >= 15 is 0 Å². The third kappa shape index (κ3) is 2.51. The second-order valence-electron chi connectivity index (χ2n) is 3.22. The molecule has 0 unspecified atom stereocenters. The topological polar surface area (TPSA) is 0 Å². The van der Waals surface area contributed by atoms with E-state index in [-0.39, 0.29) is 5.92 Å². The van der Waals surface area contributed by atoms with Crippen LogP contribution in [-0.4, -0.2) is 0 Å². The summed E-state index contributed by atoms with van der Waals surface area (Å²) in [5, 5.41) is 0. The molecule has 0 fully saturated rings. The molecule has 0 spiro atoms. The SMILES string of the molecule is CCC(CC)c1cc(F)cc(F)c1. The van der Waals surface area contributed by atoms with E-state index in [1.54, 1.807) is 0 Å². The zero-order chi connectivity index (χ0) is 9.84. The largest absolute Gasteiger partial charge is 0.207 e. The molecule has 0 N–H and O–H groups in total. The highest BCUT2D eigenvalue weighted by atomic mass is 19.1. The molecule has 0 aliphatic heterocycles. The van der Waals surface area contributed by atoms with Gasteiger partial charge in [0.05, 0.1) is 0 Å². The molecule has 0 saturated carbocycles. The summed E-state index contributed by atoms with van der Waals surface area (Å²) in [5.74, 6) is -0.700. The van der Waals surface area contributed by atoms with Gasteiger partial charge >= 0.3 is 0 Å². The average Bonchev–Trinajstić information content (AvgIpc) is 2.04. The van der Waals surface area contributed by atoms with Crippen LogP contribution in [0.15, 0.2) is 18.2 Å². The van der Waals surface area contributed by atoms with E-state index in [9.17, 15) is 8.78 Å². The summed E-state index contributed by atoms with van der Waals surface area (Å²) in [4.78, 5) is 0. The number of benzene rings is 1. The number of hydrogen-bond donors (Lipinski definition) is 0. The van der Waals surface area contributed by atoms with Crippen LogP contribution in [0.3, 0.4) is 0 Å². The Labute approximate surface area is 77.6 Å². The van der Waals surface area contributed by atoms with Gasteiger partial charge in [0.1, 0.15) is 11.6 Å². The van der Waals surface area contributed by atoms with Gasteiger partial charge in [-0.2, -0.15) is 0 Å². The van der Waals surface area contributed by atoms with Crippen molar-refractivity contribution in [2.45, 2.75) is 32.6 Å². The predicted octanol–water partition coefficient (Wildman–Crippen LogP) is 3.87. The van der Waals surface area contributed by atoms with Crippen molar-refractivity contribution in [3.05, 3.63) is 35.4 Å². The fraction of sp³-hybridized carbons (Fsp3) is 0.455. The van der Waals surface area contributed by atoms with Crippen LogP contribution in [-0.2, 0) is 0 Å². The highest BCUT2D eigenvalue weighted by Gasteiger charge is 2.09. The van der Waals surface area contributed by atoms with Crippen LogP contribution in [0.1, 0.15) is 38.2 Å². The lowest BCUT2D eigenvalue weighted by Crippen LogP contribution is -1.97. The molecule has 0 aliphatic carbocycles. The lowest BCUT2D eigenvalue weighted by molar-refractivity contribution is 0.565. The van der Waals surface area contributed by atoms with Gasteiger partial charge < -0.3 is 0 Å². The quantitative estimate of drug-likeness (QED) is 0.669. The molecular formula is C11H14F2. The monoisotopic (exact) mass is 184 g/mol. The summed E-state index contributed by atoms with van der Waals surface area (Å²) in [6.45, 7) is 4.05. The average molecular weight is 184 g/mol. The molecule has 2 heteroatoms. The Morgan fingerprint density at radius 1 is 1.00 bits per heavy atom. The molecule has 13 heavy (non-hydrogen) atoms. The Kier molecular flexibility index (Phi) is 3.40. The molecule has 0 radical (unpaired) electrons. The van der Waals surface area contributed by atoms with Gasteiger partial charge in [-0.15, -0.1) is 0 Å². The smallest absolute Gasteiger partial charge is 0.126 e. The highest BCUT2D eigenvalue weighted by Crippen LogP contribution is 2.24. The first-order valence-corrected chi connectivity index (χ1v) is 4.63. The van der Waals surface area contributed by atoms with Crippen LogP contribution in [0.25, 0.3) is 0 Å². The van der Waals surface area contributed by atoms with Crippen molar-refractivity contribution in [3.63, 3.8) is 0 Å². The molecule has 1 aromatic carbocycles. The van der Waals surface area contributed by atoms with Gasteiger partial charge in [-0.1, -0.05) is 13.8 Å². The molecule has 0 amide bonds. The van der Waals surface area contributed by atoms with Crippen molar-refractivity contribution in [2.24, 2.45) is 0 Å². The molecule has 1 rings (SSSR count). The van der Waals surface area contributed by atoms with Crippen LogP contribution in [0.4, 0.5) is 8.78 Å². The standard InChI is InChI=1S/C11H14F2/c1-3-8(4-2)9-5-10(12)7-11(13)6-9/h5-8H,3-4H2,1-2H3. The highest BCUT2D eigenvalue weighted by molar-refractivity contribution is 5.21. The van der Waals surface area contributed by atoms with E-state index in [1.165, 1.54) is 12.1 Å². The second-order valence-corrected chi connectivity index (χ2v) is 3.22. The molecule has 0 bridgehead atoms. The minimum absolute atomic E-state index is 0.269. The molecular weight excluding hydrogens is 170 g/mol. The third-order valence-electron chi connectivity index (χ3n) is 2.34. The minimum atomic E-state index is -0.484. The Balaban J connectivity index is 2.99. The van der Waals surface area contributed by atoms with Gasteiger partial charge in [0.25, 0.3) is 0 Å². The first-order valence-electron chi connectivity index (χ1n) is 4.63. The van der Waals surface area contributed by atoms with E-state index in [4.69, 9.17) is 0 Å². The molecule has 1 aromatic rings. The minimum Gasteiger partial charge on any atom is -0.207 e. The van der Waals surface area contributed by atoms with Crippen molar-refractivity contribution in [2.75, 3.05) is 0 Å². The maximum atomic E-state index is 12.8. The van der Waals surface area contributed by atoms with Gasteiger partial charge in [-0.25, -0.2) is 8.78 Å². The lowest BCUT2D eigenvalue weighted by atomic mass is 9.94. The second kappa shape index (κ2) is 4.35. The summed E-state index contributed by atoms with van der Waals surface area (Å²) in [6, 6.07) is 3.74. The van der Waals surface area contributed by atoms with Crippen LogP contribution < -0.4 is 0 Å². The van der Waals surface area contributed by atoms with Crippen molar-refractivity contribution in [3.8, 4) is 0 Å². The van der Waals surface area contributed by atoms with Gasteiger partial charge in [0, 0.05) is 6.07 Å². The Morgan fingerprint density at radius 3 is 1.85 bits per heavy atom. The molecule has 0 atom stereocenters. The third-order valence-corrected chi connectivity index (χ3v) is 2.34. The molecule has 0 heterocycles. The van der Waals surface area contributed by atoms with Crippen molar-refractivity contribution in [1.29, 1.82) is 0 Å². The first-order chi connectivity index (χ1) is 6.17.